The lowest BCUT2D eigenvalue weighted by atomic mass is 10.3. The molecule has 1 aliphatic rings. The van der Waals surface area contributed by atoms with Crippen LogP contribution in [0.4, 0.5) is 0 Å². The summed E-state index contributed by atoms with van der Waals surface area (Å²) in [5, 5.41) is 0.546. The molecule has 0 saturated carbocycles. The van der Waals surface area contributed by atoms with Crippen molar-refractivity contribution in [2.24, 2.45) is 0 Å². The second kappa shape index (κ2) is 2.50. The molecule has 11 heavy (non-hydrogen) atoms. The van der Waals surface area contributed by atoms with Crippen LogP contribution in [-0.2, 0) is 0 Å². The lowest BCUT2D eigenvalue weighted by Crippen LogP contribution is -1.93. The van der Waals surface area contributed by atoms with Crippen LogP contribution in [0.5, 0.6) is 11.5 Å². The van der Waals surface area contributed by atoms with Gasteiger partial charge in [-0.25, -0.2) is 0 Å². The highest BCUT2D eigenvalue weighted by Crippen LogP contribution is 2.40. The van der Waals surface area contributed by atoms with Crippen molar-refractivity contribution in [2.45, 2.75) is 4.90 Å². The van der Waals surface area contributed by atoms with E-state index < -0.39 is 0 Å². The molecule has 0 saturated heterocycles. The molecule has 0 radical (unpaired) electrons. The summed E-state index contributed by atoms with van der Waals surface area (Å²) in [6.45, 7) is 0.242. The van der Waals surface area contributed by atoms with Crippen LogP contribution in [-0.4, -0.2) is 6.79 Å². The van der Waals surface area contributed by atoms with E-state index in [2.05, 4.69) is 12.6 Å². The van der Waals surface area contributed by atoms with Gasteiger partial charge in [-0.15, -0.1) is 12.6 Å². The van der Waals surface area contributed by atoms with Gasteiger partial charge in [-0.3, -0.25) is 0 Å². The molecule has 0 spiro atoms. The molecular weight excluding hydrogens is 184 g/mol. The minimum atomic E-state index is 0.242. The summed E-state index contributed by atoms with van der Waals surface area (Å²) in [5.74, 6) is 1.28. The van der Waals surface area contributed by atoms with Crippen LogP contribution in [0.3, 0.4) is 0 Å². The molecule has 0 aliphatic carbocycles. The van der Waals surface area contributed by atoms with Crippen LogP contribution in [0.2, 0.25) is 5.02 Å². The highest BCUT2D eigenvalue weighted by Gasteiger charge is 2.16. The molecule has 4 heteroatoms. The molecule has 0 aromatic heterocycles. The second-order valence-electron chi connectivity index (χ2n) is 2.16. The third-order valence-electron chi connectivity index (χ3n) is 1.41. The predicted molar refractivity (Wildman–Crippen MR) is 44.8 cm³/mol. The first-order chi connectivity index (χ1) is 5.27. The molecule has 2 rings (SSSR count). The van der Waals surface area contributed by atoms with Gasteiger partial charge in [0.1, 0.15) is 0 Å². The van der Waals surface area contributed by atoms with Gasteiger partial charge in [-0.2, -0.15) is 0 Å². The molecule has 58 valence electrons. The molecular formula is C7H5ClO2S. The summed E-state index contributed by atoms with van der Waals surface area (Å²) in [6.07, 6.45) is 0. The molecule has 0 bridgehead atoms. The minimum absolute atomic E-state index is 0.242. The Hall–Kier alpha value is -0.540. The number of halogens is 1. The van der Waals surface area contributed by atoms with Crippen molar-refractivity contribution in [3.05, 3.63) is 17.2 Å². The molecule has 1 aromatic carbocycles. The van der Waals surface area contributed by atoms with Crippen LogP contribution in [0, 0.1) is 0 Å². The molecule has 0 fully saturated rings. The predicted octanol–water partition coefficient (Wildman–Crippen LogP) is 2.36. The maximum atomic E-state index is 5.82. The number of thiol groups is 1. The van der Waals surface area contributed by atoms with Crippen molar-refractivity contribution >= 4 is 24.2 Å². The fourth-order valence-corrected chi connectivity index (χ4v) is 1.54. The van der Waals surface area contributed by atoms with E-state index in [0.29, 0.717) is 16.5 Å². The molecule has 1 aliphatic heterocycles. The minimum Gasteiger partial charge on any atom is -0.453 e. The summed E-state index contributed by atoms with van der Waals surface area (Å²) in [4.78, 5) is 0.777. The lowest BCUT2D eigenvalue weighted by molar-refractivity contribution is 0.174. The Morgan fingerprint density at radius 2 is 2.18 bits per heavy atom. The van der Waals surface area contributed by atoms with E-state index in [0.717, 1.165) is 4.90 Å². The van der Waals surface area contributed by atoms with Gasteiger partial charge in [0.2, 0.25) is 6.79 Å². The second-order valence-corrected chi connectivity index (χ2v) is 3.08. The van der Waals surface area contributed by atoms with Gasteiger partial charge >= 0.3 is 0 Å². The zero-order chi connectivity index (χ0) is 7.84. The molecule has 1 aromatic rings. The maximum Gasteiger partial charge on any atom is 0.231 e. The molecule has 0 N–H and O–H groups in total. The number of ether oxygens (including phenoxy) is 2. The average Bonchev–Trinajstić information content (AvgIpc) is 2.34. The Morgan fingerprint density at radius 3 is 3.00 bits per heavy atom. The monoisotopic (exact) mass is 188 g/mol. The first-order valence-corrected chi connectivity index (χ1v) is 3.88. The summed E-state index contributed by atoms with van der Waals surface area (Å²) in [6, 6.07) is 3.50. The van der Waals surface area contributed by atoms with Crippen molar-refractivity contribution in [2.75, 3.05) is 6.79 Å². The van der Waals surface area contributed by atoms with Crippen LogP contribution >= 0.6 is 24.2 Å². The Labute approximate surface area is 74.5 Å². The smallest absolute Gasteiger partial charge is 0.231 e. The number of rotatable bonds is 0. The summed E-state index contributed by atoms with van der Waals surface area (Å²) in [5.41, 5.74) is 0. The fraction of sp³-hybridized carbons (Fsp3) is 0.143. The van der Waals surface area contributed by atoms with Crippen molar-refractivity contribution in [3.8, 4) is 11.5 Å². The Bertz CT molecular complexity index is 301. The van der Waals surface area contributed by atoms with Gasteiger partial charge in [-0.05, 0) is 12.1 Å². The van der Waals surface area contributed by atoms with E-state index in [9.17, 15) is 0 Å². The van der Waals surface area contributed by atoms with E-state index in [-0.39, 0.29) is 6.79 Å². The van der Waals surface area contributed by atoms with Gasteiger partial charge in [-0.1, -0.05) is 11.6 Å². The van der Waals surface area contributed by atoms with Crippen molar-refractivity contribution in [1.82, 2.24) is 0 Å². The number of hydrogen-bond donors (Lipinski definition) is 1. The third-order valence-corrected chi connectivity index (χ3v) is 1.95. The third kappa shape index (κ3) is 1.14. The lowest BCUT2D eigenvalue weighted by Gasteiger charge is -1.98. The zero-order valence-electron chi connectivity index (χ0n) is 5.50. The standard InChI is InChI=1S/C7H5ClO2S/c8-5-1-4(11)2-6-7(5)10-3-9-6/h1-2,11H,3H2. The topological polar surface area (TPSA) is 18.5 Å². The van der Waals surface area contributed by atoms with Crippen LogP contribution < -0.4 is 9.47 Å². The van der Waals surface area contributed by atoms with Gasteiger partial charge < -0.3 is 9.47 Å². The SMILES string of the molecule is Sc1cc(Cl)c2c(c1)OCO2. The molecule has 1 heterocycles. The van der Waals surface area contributed by atoms with Gasteiger partial charge in [0.15, 0.2) is 11.5 Å². The van der Waals surface area contributed by atoms with E-state index in [4.69, 9.17) is 21.1 Å². The highest BCUT2D eigenvalue weighted by atomic mass is 35.5. The summed E-state index contributed by atoms with van der Waals surface area (Å²) >= 11 is 9.95. The van der Waals surface area contributed by atoms with E-state index in [1.807, 2.05) is 0 Å². The average molecular weight is 189 g/mol. The van der Waals surface area contributed by atoms with Crippen molar-refractivity contribution < 1.29 is 9.47 Å². The first kappa shape index (κ1) is 7.13. The van der Waals surface area contributed by atoms with Crippen LogP contribution in [0.15, 0.2) is 17.0 Å². The first-order valence-electron chi connectivity index (χ1n) is 3.05. The molecule has 0 atom stereocenters. The Balaban J connectivity index is 2.60. The largest absolute Gasteiger partial charge is 0.453 e. The fourth-order valence-electron chi connectivity index (χ4n) is 0.954. The maximum absolute atomic E-state index is 5.82. The Kier molecular flexibility index (Phi) is 1.62. The van der Waals surface area contributed by atoms with Crippen molar-refractivity contribution in [1.29, 1.82) is 0 Å². The highest BCUT2D eigenvalue weighted by molar-refractivity contribution is 7.80. The molecule has 2 nitrogen and oxygen atoms in total. The van der Waals surface area contributed by atoms with Crippen LogP contribution in [0.1, 0.15) is 0 Å². The molecule has 0 amide bonds. The number of benzene rings is 1. The van der Waals surface area contributed by atoms with Crippen molar-refractivity contribution in [3.63, 3.8) is 0 Å². The zero-order valence-corrected chi connectivity index (χ0v) is 7.15. The van der Waals surface area contributed by atoms with Gasteiger partial charge in [0.25, 0.3) is 0 Å². The van der Waals surface area contributed by atoms with E-state index >= 15 is 0 Å². The summed E-state index contributed by atoms with van der Waals surface area (Å²) < 4.78 is 10.2. The van der Waals surface area contributed by atoms with Crippen LogP contribution in [0.25, 0.3) is 0 Å². The van der Waals surface area contributed by atoms with E-state index in [1.54, 1.807) is 12.1 Å². The normalized spacial score (nSPS) is 13.6. The van der Waals surface area contributed by atoms with Gasteiger partial charge in [0, 0.05) is 4.90 Å². The van der Waals surface area contributed by atoms with E-state index in [1.165, 1.54) is 0 Å². The number of hydrogen-bond acceptors (Lipinski definition) is 3. The molecule has 0 unspecified atom stereocenters. The number of fused-ring (bicyclic) bond motifs is 1. The quantitative estimate of drug-likeness (QED) is 0.631. The summed E-state index contributed by atoms with van der Waals surface area (Å²) in [7, 11) is 0. The van der Waals surface area contributed by atoms with Gasteiger partial charge in [0.05, 0.1) is 5.02 Å². The Morgan fingerprint density at radius 1 is 1.36 bits per heavy atom.